The highest BCUT2D eigenvalue weighted by molar-refractivity contribution is 5.53. The molecule has 1 aromatic rings. The second kappa shape index (κ2) is 7.04. The predicted molar refractivity (Wildman–Crippen MR) is 80.6 cm³/mol. The predicted octanol–water partition coefficient (Wildman–Crippen LogP) is 2.94. The van der Waals surface area contributed by atoms with Gasteiger partial charge in [0.05, 0.1) is 6.10 Å². The molecule has 1 heterocycles. The summed E-state index contributed by atoms with van der Waals surface area (Å²) in [7, 11) is 2.05. The molecule has 1 aliphatic heterocycles. The number of likely N-dealkylation sites (N-methyl/N-ethyl adjacent to an activating group) is 1. The first kappa shape index (κ1) is 15.3. The lowest BCUT2D eigenvalue weighted by atomic mass is 10.1. The quantitative estimate of drug-likeness (QED) is 0.867. The molecule has 1 N–H and O–H groups in total. The van der Waals surface area contributed by atoms with Crippen molar-refractivity contribution in [3.05, 3.63) is 29.6 Å². The summed E-state index contributed by atoms with van der Waals surface area (Å²) < 4.78 is 19.1. The molecule has 0 saturated carbocycles. The maximum atomic E-state index is 13.5. The Bertz CT molecular complexity index is 430. The van der Waals surface area contributed by atoms with Gasteiger partial charge >= 0.3 is 0 Å². The van der Waals surface area contributed by atoms with Crippen LogP contribution in [-0.4, -0.2) is 32.3 Å². The average molecular weight is 280 g/mol. The van der Waals surface area contributed by atoms with Crippen LogP contribution in [0.15, 0.2) is 18.2 Å². The van der Waals surface area contributed by atoms with Gasteiger partial charge < -0.3 is 15.0 Å². The van der Waals surface area contributed by atoms with Crippen molar-refractivity contribution in [3.8, 4) is 0 Å². The largest absolute Gasteiger partial charge is 0.376 e. The lowest BCUT2D eigenvalue weighted by molar-refractivity contribution is 0.116. The Balaban J connectivity index is 2.07. The van der Waals surface area contributed by atoms with E-state index in [1.54, 1.807) is 6.07 Å². The van der Waals surface area contributed by atoms with E-state index in [-0.39, 0.29) is 5.82 Å². The maximum Gasteiger partial charge on any atom is 0.123 e. The minimum absolute atomic E-state index is 0.181. The molecule has 20 heavy (non-hydrogen) atoms. The second-order valence-electron chi connectivity index (χ2n) is 5.82. The van der Waals surface area contributed by atoms with E-state index in [1.807, 2.05) is 13.1 Å². The molecule has 0 aliphatic carbocycles. The van der Waals surface area contributed by atoms with Crippen LogP contribution in [0.1, 0.15) is 32.3 Å². The van der Waals surface area contributed by atoms with Crippen LogP contribution in [0.4, 0.5) is 10.1 Å². The molecule has 2 rings (SSSR count). The number of nitrogens with one attached hydrogen (secondary N) is 1. The summed E-state index contributed by atoms with van der Waals surface area (Å²) in [6, 6.07) is 5.40. The molecular weight excluding hydrogens is 255 g/mol. The lowest BCUT2D eigenvalue weighted by Crippen LogP contribution is -2.30. The molecule has 1 unspecified atom stereocenters. The van der Waals surface area contributed by atoms with Crippen molar-refractivity contribution < 1.29 is 9.13 Å². The zero-order valence-electron chi connectivity index (χ0n) is 12.7. The number of hydrogen-bond acceptors (Lipinski definition) is 3. The molecule has 1 aromatic carbocycles. The Morgan fingerprint density at radius 3 is 2.90 bits per heavy atom. The van der Waals surface area contributed by atoms with E-state index in [0.717, 1.165) is 37.2 Å². The number of ether oxygens (including phenoxy) is 1. The summed E-state index contributed by atoms with van der Waals surface area (Å²) in [4.78, 5) is 2.17. The summed E-state index contributed by atoms with van der Waals surface area (Å²) in [5.41, 5.74) is 2.08. The lowest BCUT2D eigenvalue weighted by Gasteiger charge is -2.25. The second-order valence-corrected chi connectivity index (χ2v) is 5.82. The van der Waals surface area contributed by atoms with Gasteiger partial charge in [0.2, 0.25) is 0 Å². The molecular formula is C16H25FN2O. The highest BCUT2D eigenvalue weighted by Gasteiger charge is 2.19. The highest BCUT2D eigenvalue weighted by atomic mass is 19.1. The SMILES string of the molecule is CC(C)NCc1cc(F)ccc1N(C)CC1CCCO1. The number of benzene rings is 1. The fraction of sp³-hybridized carbons (Fsp3) is 0.625. The Hall–Kier alpha value is -1.13. The molecule has 0 radical (unpaired) electrons. The molecule has 3 nitrogen and oxygen atoms in total. The van der Waals surface area contributed by atoms with Crippen molar-refractivity contribution in [2.75, 3.05) is 25.1 Å². The first-order chi connectivity index (χ1) is 9.56. The van der Waals surface area contributed by atoms with Gasteiger partial charge in [-0.15, -0.1) is 0 Å². The van der Waals surface area contributed by atoms with Crippen molar-refractivity contribution in [2.24, 2.45) is 0 Å². The zero-order chi connectivity index (χ0) is 14.5. The van der Waals surface area contributed by atoms with Crippen LogP contribution in [0.5, 0.6) is 0 Å². The van der Waals surface area contributed by atoms with Crippen LogP contribution >= 0.6 is 0 Å². The van der Waals surface area contributed by atoms with Gasteiger partial charge in [0, 0.05) is 38.5 Å². The molecule has 0 aromatic heterocycles. The number of anilines is 1. The first-order valence-electron chi connectivity index (χ1n) is 7.41. The number of halogens is 1. The first-order valence-corrected chi connectivity index (χ1v) is 7.41. The Kier molecular flexibility index (Phi) is 5.38. The van der Waals surface area contributed by atoms with Crippen LogP contribution in [0.2, 0.25) is 0 Å². The van der Waals surface area contributed by atoms with Gasteiger partial charge in [-0.05, 0) is 36.6 Å². The van der Waals surface area contributed by atoms with Gasteiger partial charge in [0.15, 0.2) is 0 Å². The Labute approximate surface area is 121 Å². The third-order valence-electron chi connectivity index (χ3n) is 3.66. The summed E-state index contributed by atoms with van der Waals surface area (Å²) in [5.74, 6) is -0.181. The summed E-state index contributed by atoms with van der Waals surface area (Å²) in [6.45, 7) is 6.59. The van der Waals surface area contributed by atoms with E-state index in [9.17, 15) is 4.39 Å². The van der Waals surface area contributed by atoms with Gasteiger partial charge in [-0.2, -0.15) is 0 Å². The Morgan fingerprint density at radius 1 is 1.45 bits per heavy atom. The topological polar surface area (TPSA) is 24.5 Å². The highest BCUT2D eigenvalue weighted by Crippen LogP contribution is 2.23. The monoisotopic (exact) mass is 280 g/mol. The minimum Gasteiger partial charge on any atom is -0.376 e. The number of nitrogens with zero attached hydrogens (tertiary/aromatic N) is 1. The smallest absolute Gasteiger partial charge is 0.123 e. The van der Waals surface area contributed by atoms with Crippen molar-refractivity contribution in [3.63, 3.8) is 0 Å². The van der Waals surface area contributed by atoms with E-state index >= 15 is 0 Å². The summed E-state index contributed by atoms with van der Waals surface area (Å²) in [6.07, 6.45) is 2.56. The van der Waals surface area contributed by atoms with Gasteiger partial charge in [-0.1, -0.05) is 13.8 Å². The summed E-state index contributed by atoms with van der Waals surface area (Å²) >= 11 is 0. The molecule has 4 heteroatoms. The van der Waals surface area contributed by atoms with Crippen molar-refractivity contribution in [1.82, 2.24) is 5.32 Å². The molecule has 112 valence electrons. The average Bonchev–Trinajstić information content (AvgIpc) is 2.89. The van der Waals surface area contributed by atoms with E-state index < -0.39 is 0 Å². The van der Waals surface area contributed by atoms with Gasteiger partial charge in [0.1, 0.15) is 5.82 Å². The van der Waals surface area contributed by atoms with E-state index in [0.29, 0.717) is 18.7 Å². The van der Waals surface area contributed by atoms with Crippen LogP contribution in [0.25, 0.3) is 0 Å². The van der Waals surface area contributed by atoms with Crippen LogP contribution in [0.3, 0.4) is 0 Å². The van der Waals surface area contributed by atoms with E-state index in [2.05, 4.69) is 24.1 Å². The third-order valence-corrected chi connectivity index (χ3v) is 3.66. The van der Waals surface area contributed by atoms with Gasteiger partial charge in [0.25, 0.3) is 0 Å². The fourth-order valence-corrected chi connectivity index (χ4v) is 2.57. The van der Waals surface area contributed by atoms with Crippen LogP contribution in [0, 0.1) is 5.82 Å². The normalized spacial score (nSPS) is 18.8. The fourth-order valence-electron chi connectivity index (χ4n) is 2.57. The molecule has 1 atom stereocenters. The maximum absolute atomic E-state index is 13.5. The molecule has 1 fully saturated rings. The van der Waals surface area contributed by atoms with Crippen LogP contribution < -0.4 is 10.2 Å². The molecule has 1 saturated heterocycles. The Morgan fingerprint density at radius 2 is 2.25 bits per heavy atom. The van der Waals surface area contributed by atoms with Crippen molar-refractivity contribution in [2.45, 2.75) is 45.4 Å². The van der Waals surface area contributed by atoms with Crippen molar-refractivity contribution in [1.29, 1.82) is 0 Å². The molecule has 0 spiro atoms. The zero-order valence-corrected chi connectivity index (χ0v) is 12.7. The van der Waals surface area contributed by atoms with Crippen LogP contribution in [-0.2, 0) is 11.3 Å². The van der Waals surface area contributed by atoms with Crippen molar-refractivity contribution >= 4 is 5.69 Å². The standard InChI is InChI=1S/C16H25FN2O/c1-12(2)18-10-13-9-14(17)6-7-16(13)19(3)11-15-5-4-8-20-15/h6-7,9,12,15,18H,4-5,8,10-11H2,1-3H3. The number of hydrogen-bond donors (Lipinski definition) is 1. The third kappa shape index (κ3) is 4.18. The van der Waals surface area contributed by atoms with E-state index in [1.165, 1.54) is 6.07 Å². The minimum atomic E-state index is -0.181. The van der Waals surface area contributed by atoms with Gasteiger partial charge in [-0.3, -0.25) is 0 Å². The summed E-state index contributed by atoms with van der Waals surface area (Å²) in [5, 5.41) is 3.35. The van der Waals surface area contributed by atoms with E-state index in [4.69, 9.17) is 4.74 Å². The molecule has 1 aliphatic rings. The van der Waals surface area contributed by atoms with Gasteiger partial charge in [-0.25, -0.2) is 4.39 Å². The molecule has 0 amide bonds. The molecule has 0 bridgehead atoms. The number of rotatable bonds is 6.